The van der Waals surface area contributed by atoms with Crippen molar-refractivity contribution in [1.82, 2.24) is 20.5 Å². The molecule has 0 unspecified atom stereocenters. The number of pyridine rings is 1. The number of nitrogens with one attached hydrogen (secondary N) is 2. The van der Waals surface area contributed by atoms with Crippen molar-refractivity contribution in [3.05, 3.63) is 52.0 Å². The molecular formula is C17H23N5S. The number of aliphatic imine (C=N–C) groups is 1. The molecule has 3 rings (SSSR count). The van der Waals surface area contributed by atoms with E-state index in [1.165, 1.54) is 12.0 Å². The van der Waals surface area contributed by atoms with Crippen LogP contribution in [0.3, 0.4) is 0 Å². The van der Waals surface area contributed by atoms with E-state index >= 15 is 0 Å². The molecule has 2 aromatic heterocycles. The van der Waals surface area contributed by atoms with Crippen molar-refractivity contribution < 1.29 is 0 Å². The molecule has 0 radical (unpaired) electrons. The molecule has 6 heteroatoms. The standard InChI is InChI=1S/C17H23N5S/c1-18-17(21-12-15-4-2-3-7-19-15)20-8-10-22-9-5-16-14(13-22)6-11-23-16/h2-4,6-7,11H,5,8-10,12-13H2,1H3,(H2,18,20,21). The highest BCUT2D eigenvalue weighted by molar-refractivity contribution is 7.10. The van der Waals surface area contributed by atoms with E-state index in [0.717, 1.165) is 37.8 Å². The number of nitrogens with zero attached hydrogens (tertiary/aromatic N) is 3. The number of aromatic nitrogens is 1. The van der Waals surface area contributed by atoms with Gasteiger partial charge in [-0.1, -0.05) is 6.07 Å². The normalized spacial score (nSPS) is 15.3. The molecule has 0 saturated carbocycles. The Morgan fingerprint density at radius 3 is 3.13 bits per heavy atom. The molecule has 122 valence electrons. The molecule has 3 heterocycles. The summed E-state index contributed by atoms with van der Waals surface area (Å²) in [6.45, 7) is 4.82. The molecule has 0 amide bonds. The molecule has 1 aliphatic heterocycles. The van der Waals surface area contributed by atoms with Gasteiger partial charge < -0.3 is 10.6 Å². The van der Waals surface area contributed by atoms with E-state index < -0.39 is 0 Å². The first-order valence-electron chi connectivity index (χ1n) is 7.97. The van der Waals surface area contributed by atoms with E-state index in [1.807, 2.05) is 35.7 Å². The molecular weight excluding hydrogens is 306 g/mol. The number of fused-ring (bicyclic) bond motifs is 1. The highest BCUT2D eigenvalue weighted by atomic mass is 32.1. The van der Waals surface area contributed by atoms with Crippen molar-refractivity contribution in [3.63, 3.8) is 0 Å². The summed E-state index contributed by atoms with van der Waals surface area (Å²) in [5, 5.41) is 8.88. The number of hydrogen-bond acceptors (Lipinski definition) is 4. The molecule has 0 spiro atoms. The van der Waals surface area contributed by atoms with Crippen LogP contribution in [0.15, 0.2) is 40.8 Å². The molecule has 5 nitrogen and oxygen atoms in total. The van der Waals surface area contributed by atoms with Gasteiger partial charge in [-0.2, -0.15) is 0 Å². The molecule has 0 bridgehead atoms. The predicted molar refractivity (Wildman–Crippen MR) is 95.7 cm³/mol. The van der Waals surface area contributed by atoms with Crippen LogP contribution in [0.1, 0.15) is 16.1 Å². The third-order valence-corrected chi connectivity index (χ3v) is 5.02. The minimum Gasteiger partial charge on any atom is -0.355 e. The van der Waals surface area contributed by atoms with Gasteiger partial charge in [0.15, 0.2) is 5.96 Å². The number of rotatable bonds is 5. The van der Waals surface area contributed by atoms with Crippen LogP contribution in [-0.2, 0) is 19.5 Å². The van der Waals surface area contributed by atoms with Gasteiger partial charge in [0.25, 0.3) is 0 Å². The van der Waals surface area contributed by atoms with Crippen LogP contribution in [0.25, 0.3) is 0 Å². The maximum atomic E-state index is 4.30. The minimum absolute atomic E-state index is 0.683. The Morgan fingerprint density at radius 1 is 1.35 bits per heavy atom. The third-order valence-electron chi connectivity index (χ3n) is 3.99. The summed E-state index contributed by atoms with van der Waals surface area (Å²) in [7, 11) is 1.80. The molecule has 2 aromatic rings. The minimum atomic E-state index is 0.683. The summed E-state index contributed by atoms with van der Waals surface area (Å²) < 4.78 is 0. The van der Waals surface area contributed by atoms with E-state index in [1.54, 1.807) is 11.9 Å². The Bertz CT molecular complexity index is 637. The number of guanidine groups is 1. The molecule has 23 heavy (non-hydrogen) atoms. The average Bonchev–Trinajstić information content (AvgIpc) is 3.06. The Hall–Kier alpha value is -1.92. The van der Waals surface area contributed by atoms with Crippen molar-refractivity contribution in [3.8, 4) is 0 Å². The van der Waals surface area contributed by atoms with Crippen molar-refractivity contribution in [2.45, 2.75) is 19.5 Å². The fourth-order valence-corrected chi connectivity index (χ4v) is 3.62. The summed E-state index contributed by atoms with van der Waals surface area (Å²) >= 11 is 1.89. The van der Waals surface area contributed by atoms with Crippen molar-refractivity contribution in [1.29, 1.82) is 0 Å². The number of hydrogen-bond donors (Lipinski definition) is 2. The topological polar surface area (TPSA) is 52.6 Å². The van der Waals surface area contributed by atoms with Gasteiger partial charge in [0.2, 0.25) is 0 Å². The van der Waals surface area contributed by atoms with Crippen LogP contribution in [0.5, 0.6) is 0 Å². The molecule has 0 fully saturated rings. The molecule has 0 aliphatic carbocycles. The first kappa shape index (κ1) is 16.0. The largest absolute Gasteiger partial charge is 0.355 e. The Kier molecular flexibility index (Phi) is 5.60. The molecule has 0 atom stereocenters. The molecule has 1 aliphatic rings. The lowest BCUT2D eigenvalue weighted by atomic mass is 10.1. The highest BCUT2D eigenvalue weighted by Crippen LogP contribution is 2.23. The summed E-state index contributed by atoms with van der Waals surface area (Å²) in [6, 6.07) is 8.18. The predicted octanol–water partition coefficient (Wildman–Crippen LogP) is 1.87. The zero-order valence-corrected chi connectivity index (χ0v) is 14.3. The Balaban J connectivity index is 1.39. The second kappa shape index (κ2) is 8.08. The second-order valence-electron chi connectivity index (χ2n) is 5.57. The third kappa shape index (κ3) is 4.53. The lowest BCUT2D eigenvalue weighted by Gasteiger charge is -2.27. The summed E-state index contributed by atoms with van der Waals surface area (Å²) in [5.74, 6) is 0.823. The van der Waals surface area contributed by atoms with E-state index in [2.05, 4.69) is 37.0 Å². The van der Waals surface area contributed by atoms with Crippen LogP contribution in [0, 0.1) is 0 Å². The van der Waals surface area contributed by atoms with Gasteiger partial charge in [-0.05, 0) is 35.6 Å². The van der Waals surface area contributed by atoms with Gasteiger partial charge in [-0.25, -0.2) is 0 Å². The van der Waals surface area contributed by atoms with Crippen LogP contribution in [0.4, 0.5) is 0 Å². The SMILES string of the molecule is CN=C(NCCN1CCc2sccc2C1)NCc1ccccn1. The lowest BCUT2D eigenvalue weighted by Crippen LogP contribution is -2.42. The maximum absolute atomic E-state index is 4.30. The van der Waals surface area contributed by atoms with Gasteiger partial charge in [0, 0.05) is 44.3 Å². The van der Waals surface area contributed by atoms with Gasteiger partial charge in [0.05, 0.1) is 12.2 Å². The van der Waals surface area contributed by atoms with Crippen LogP contribution in [0.2, 0.25) is 0 Å². The number of thiophene rings is 1. The first-order chi connectivity index (χ1) is 11.3. The smallest absolute Gasteiger partial charge is 0.191 e. The van der Waals surface area contributed by atoms with Crippen molar-refractivity contribution in [2.75, 3.05) is 26.7 Å². The zero-order chi connectivity index (χ0) is 15.9. The highest BCUT2D eigenvalue weighted by Gasteiger charge is 2.16. The Morgan fingerprint density at radius 2 is 2.30 bits per heavy atom. The fraction of sp³-hybridized carbons (Fsp3) is 0.412. The molecule has 0 saturated heterocycles. The zero-order valence-electron chi connectivity index (χ0n) is 13.5. The van der Waals surface area contributed by atoms with Crippen LogP contribution in [-0.4, -0.2) is 42.5 Å². The summed E-state index contributed by atoms with van der Waals surface area (Å²) in [5.41, 5.74) is 2.51. The molecule has 0 aromatic carbocycles. The summed E-state index contributed by atoms with van der Waals surface area (Å²) in [4.78, 5) is 12.6. The average molecular weight is 329 g/mol. The Labute approximate surface area is 141 Å². The van der Waals surface area contributed by atoms with Gasteiger partial charge >= 0.3 is 0 Å². The van der Waals surface area contributed by atoms with Crippen molar-refractivity contribution in [2.24, 2.45) is 4.99 Å². The van der Waals surface area contributed by atoms with E-state index in [-0.39, 0.29) is 0 Å². The van der Waals surface area contributed by atoms with Gasteiger partial charge in [0.1, 0.15) is 0 Å². The van der Waals surface area contributed by atoms with Gasteiger partial charge in [-0.15, -0.1) is 11.3 Å². The van der Waals surface area contributed by atoms with Crippen LogP contribution >= 0.6 is 11.3 Å². The van der Waals surface area contributed by atoms with Gasteiger partial charge in [-0.3, -0.25) is 14.9 Å². The second-order valence-corrected chi connectivity index (χ2v) is 6.57. The first-order valence-corrected chi connectivity index (χ1v) is 8.85. The van der Waals surface area contributed by atoms with E-state index in [4.69, 9.17) is 0 Å². The van der Waals surface area contributed by atoms with Crippen LogP contribution < -0.4 is 10.6 Å². The van der Waals surface area contributed by atoms with E-state index in [0.29, 0.717) is 6.54 Å². The fourth-order valence-electron chi connectivity index (χ4n) is 2.73. The van der Waals surface area contributed by atoms with E-state index in [9.17, 15) is 0 Å². The summed E-state index contributed by atoms with van der Waals surface area (Å²) in [6.07, 6.45) is 2.99. The maximum Gasteiger partial charge on any atom is 0.191 e. The monoisotopic (exact) mass is 329 g/mol. The quantitative estimate of drug-likeness (QED) is 0.649. The lowest BCUT2D eigenvalue weighted by molar-refractivity contribution is 0.260. The van der Waals surface area contributed by atoms with Crippen molar-refractivity contribution >= 4 is 17.3 Å². The molecule has 2 N–H and O–H groups in total.